The number of benzene rings is 2. The van der Waals surface area contributed by atoms with Gasteiger partial charge in [-0.3, -0.25) is 9.88 Å². The smallest absolute Gasteiger partial charge is 0.0476 e. The van der Waals surface area contributed by atoms with Crippen LogP contribution in [-0.2, 0) is 6.54 Å². The molecule has 0 spiro atoms. The summed E-state index contributed by atoms with van der Waals surface area (Å²) in [6, 6.07) is 19.9. The summed E-state index contributed by atoms with van der Waals surface area (Å²) in [7, 11) is 0. The Morgan fingerprint density at radius 2 is 1.96 bits per heavy atom. The van der Waals surface area contributed by atoms with Gasteiger partial charge in [-0.1, -0.05) is 48.5 Å². The number of nitrogens with one attached hydrogen (secondary N) is 1. The first-order valence-electron chi connectivity index (χ1n) is 8.23. The Bertz CT molecular complexity index is 780. The highest BCUT2D eigenvalue weighted by Gasteiger charge is 2.23. The molecule has 3 heteroatoms. The summed E-state index contributed by atoms with van der Waals surface area (Å²) in [4.78, 5) is 6.82. The Kier molecular flexibility index (Phi) is 4.05. The molecule has 0 aliphatic carbocycles. The van der Waals surface area contributed by atoms with Gasteiger partial charge < -0.3 is 5.32 Å². The Balaban J connectivity index is 1.65. The number of pyridine rings is 1. The molecule has 1 fully saturated rings. The Labute approximate surface area is 137 Å². The average Bonchev–Trinajstić information content (AvgIpc) is 2.63. The SMILES string of the molecule is c1ccc(C2CNCCN2Cc2cccc3cnccc23)cc1. The van der Waals surface area contributed by atoms with Crippen LogP contribution in [0.25, 0.3) is 10.8 Å². The van der Waals surface area contributed by atoms with Gasteiger partial charge in [0.2, 0.25) is 0 Å². The summed E-state index contributed by atoms with van der Waals surface area (Å²) < 4.78 is 0. The predicted molar refractivity (Wildman–Crippen MR) is 94.2 cm³/mol. The van der Waals surface area contributed by atoms with E-state index in [9.17, 15) is 0 Å². The lowest BCUT2D eigenvalue weighted by Gasteiger charge is -2.36. The van der Waals surface area contributed by atoms with E-state index in [1.54, 1.807) is 0 Å². The van der Waals surface area contributed by atoms with Crippen molar-refractivity contribution >= 4 is 10.8 Å². The second kappa shape index (κ2) is 6.49. The molecule has 2 heterocycles. The van der Waals surface area contributed by atoms with Crippen LogP contribution in [0.15, 0.2) is 67.0 Å². The highest BCUT2D eigenvalue weighted by atomic mass is 15.2. The van der Waals surface area contributed by atoms with Crippen molar-refractivity contribution in [2.75, 3.05) is 19.6 Å². The Morgan fingerprint density at radius 1 is 1.04 bits per heavy atom. The maximum absolute atomic E-state index is 4.24. The monoisotopic (exact) mass is 303 g/mol. The Hall–Kier alpha value is -2.23. The fraction of sp³-hybridized carbons (Fsp3) is 0.250. The van der Waals surface area contributed by atoms with Crippen LogP contribution in [0.3, 0.4) is 0 Å². The lowest BCUT2D eigenvalue weighted by molar-refractivity contribution is 0.154. The van der Waals surface area contributed by atoms with E-state index in [4.69, 9.17) is 0 Å². The number of aromatic nitrogens is 1. The zero-order chi connectivity index (χ0) is 15.5. The zero-order valence-electron chi connectivity index (χ0n) is 13.2. The number of hydrogen-bond donors (Lipinski definition) is 1. The minimum Gasteiger partial charge on any atom is -0.314 e. The van der Waals surface area contributed by atoms with Gasteiger partial charge in [0, 0.05) is 50.0 Å². The molecule has 1 unspecified atom stereocenters. The summed E-state index contributed by atoms with van der Waals surface area (Å²) in [6.07, 6.45) is 3.84. The average molecular weight is 303 g/mol. The fourth-order valence-corrected chi connectivity index (χ4v) is 3.49. The normalized spacial score (nSPS) is 19.0. The molecule has 1 aliphatic rings. The van der Waals surface area contributed by atoms with Crippen molar-refractivity contribution in [3.8, 4) is 0 Å². The predicted octanol–water partition coefficient (Wildman–Crippen LogP) is 3.38. The number of rotatable bonds is 3. The molecule has 1 atom stereocenters. The van der Waals surface area contributed by atoms with Gasteiger partial charge >= 0.3 is 0 Å². The van der Waals surface area contributed by atoms with Crippen LogP contribution in [0.5, 0.6) is 0 Å². The number of fused-ring (bicyclic) bond motifs is 1. The molecule has 3 aromatic rings. The van der Waals surface area contributed by atoms with E-state index in [0.717, 1.165) is 26.2 Å². The maximum atomic E-state index is 4.24. The minimum absolute atomic E-state index is 0.432. The van der Waals surface area contributed by atoms with E-state index in [0.29, 0.717) is 6.04 Å². The van der Waals surface area contributed by atoms with Crippen LogP contribution in [0.2, 0.25) is 0 Å². The third-order valence-electron chi connectivity index (χ3n) is 4.68. The first kappa shape index (κ1) is 14.4. The maximum Gasteiger partial charge on any atom is 0.0476 e. The van der Waals surface area contributed by atoms with Crippen LogP contribution in [0.1, 0.15) is 17.2 Å². The molecular weight excluding hydrogens is 282 g/mol. The van der Waals surface area contributed by atoms with Crippen LogP contribution in [0.4, 0.5) is 0 Å². The third-order valence-corrected chi connectivity index (χ3v) is 4.68. The number of hydrogen-bond acceptors (Lipinski definition) is 3. The quantitative estimate of drug-likeness (QED) is 0.804. The summed E-state index contributed by atoms with van der Waals surface area (Å²) in [5, 5.41) is 6.07. The lowest BCUT2D eigenvalue weighted by Crippen LogP contribution is -2.45. The molecule has 0 amide bonds. The highest BCUT2D eigenvalue weighted by Crippen LogP contribution is 2.26. The van der Waals surface area contributed by atoms with Crippen molar-refractivity contribution in [2.24, 2.45) is 0 Å². The van der Waals surface area contributed by atoms with Gasteiger partial charge in [-0.25, -0.2) is 0 Å². The van der Waals surface area contributed by atoms with E-state index < -0.39 is 0 Å². The van der Waals surface area contributed by atoms with Gasteiger partial charge in [-0.05, 0) is 22.6 Å². The van der Waals surface area contributed by atoms with Gasteiger partial charge in [0.25, 0.3) is 0 Å². The molecule has 1 aromatic heterocycles. The van der Waals surface area contributed by atoms with Gasteiger partial charge in [0.1, 0.15) is 0 Å². The summed E-state index contributed by atoms with van der Waals surface area (Å²) in [6.45, 7) is 4.11. The summed E-state index contributed by atoms with van der Waals surface area (Å²) >= 11 is 0. The summed E-state index contributed by atoms with van der Waals surface area (Å²) in [5.74, 6) is 0. The molecular formula is C20H21N3. The van der Waals surface area contributed by atoms with Crippen molar-refractivity contribution in [3.63, 3.8) is 0 Å². The zero-order valence-corrected chi connectivity index (χ0v) is 13.2. The van der Waals surface area contributed by atoms with Crippen molar-refractivity contribution < 1.29 is 0 Å². The van der Waals surface area contributed by atoms with Crippen LogP contribution >= 0.6 is 0 Å². The van der Waals surface area contributed by atoms with Gasteiger partial charge in [0.05, 0.1) is 0 Å². The molecule has 116 valence electrons. The molecule has 1 aliphatic heterocycles. The van der Waals surface area contributed by atoms with Crippen LogP contribution in [-0.4, -0.2) is 29.5 Å². The third kappa shape index (κ3) is 2.98. The molecule has 0 bridgehead atoms. The van der Waals surface area contributed by atoms with Gasteiger partial charge in [-0.15, -0.1) is 0 Å². The molecule has 0 saturated carbocycles. The van der Waals surface area contributed by atoms with E-state index in [-0.39, 0.29) is 0 Å². The molecule has 23 heavy (non-hydrogen) atoms. The lowest BCUT2D eigenvalue weighted by atomic mass is 10.0. The highest BCUT2D eigenvalue weighted by molar-refractivity contribution is 5.84. The van der Waals surface area contributed by atoms with E-state index in [1.807, 2.05) is 12.4 Å². The van der Waals surface area contributed by atoms with Crippen LogP contribution in [0, 0.1) is 0 Å². The standard InChI is InChI=1S/C20H21N3/c1-2-5-16(6-3-1)20-14-22-11-12-23(20)15-18-8-4-7-17-13-21-10-9-19(17)18/h1-10,13,20,22H,11-12,14-15H2. The molecule has 4 rings (SSSR count). The van der Waals surface area contributed by atoms with Gasteiger partial charge in [-0.2, -0.15) is 0 Å². The van der Waals surface area contributed by atoms with Gasteiger partial charge in [0.15, 0.2) is 0 Å². The molecule has 2 aromatic carbocycles. The van der Waals surface area contributed by atoms with E-state index >= 15 is 0 Å². The van der Waals surface area contributed by atoms with Crippen molar-refractivity contribution in [3.05, 3.63) is 78.1 Å². The Morgan fingerprint density at radius 3 is 2.87 bits per heavy atom. The van der Waals surface area contributed by atoms with Crippen molar-refractivity contribution in [1.29, 1.82) is 0 Å². The molecule has 3 nitrogen and oxygen atoms in total. The minimum atomic E-state index is 0.432. The first-order chi connectivity index (χ1) is 11.4. The van der Waals surface area contributed by atoms with Crippen LogP contribution < -0.4 is 5.32 Å². The van der Waals surface area contributed by atoms with E-state index in [1.165, 1.54) is 21.9 Å². The second-order valence-corrected chi connectivity index (χ2v) is 6.12. The second-order valence-electron chi connectivity index (χ2n) is 6.12. The van der Waals surface area contributed by atoms with Crippen molar-refractivity contribution in [2.45, 2.75) is 12.6 Å². The fourth-order valence-electron chi connectivity index (χ4n) is 3.49. The van der Waals surface area contributed by atoms with Crippen molar-refractivity contribution in [1.82, 2.24) is 15.2 Å². The largest absolute Gasteiger partial charge is 0.314 e. The topological polar surface area (TPSA) is 28.2 Å². The number of piperazine rings is 1. The molecule has 1 N–H and O–H groups in total. The molecule has 1 saturated heterocycles. The van der Waals surface area contributed by atoms with E-state index in [2.05, 4.69) is 69.8 Å². The number of nitrogens with zero attached hydrogens (tertiary/aromatic N) is 2. The summed E-state index contributed by atoms with van der Waals surface area (Å²) in [5.41, 5.74) is 2.77. The first-order valence-corrected chi connectivity index (χ1v) is 8.23. The molecule has 0 radical (unpaired) electrons.